The quantitative estimate of drug-likeness (QED) is 0.693. The molecule has 6 heteroatoms. The summed E-state index contributed by atoms with van der Waals surface area (Å²) in [5.74, 6) is -0.420. The van der Waals surface area contributed by atoms with Crippen molar-refractivity contribution in [3.63, 3.8) is 0 Å². The van der Waals surface area contributed by atoms with Crippen LogP contribution in [0.1, 0.15) is 56.6 Å². The molecule has 2 unspecified atom stereocenters. The number of nitrogens with one attached hydrogen (secondary N) is 2. The number of carbonyl (C=O) groups is 1. The zero-order chi connectivity index (χ0) is 21.3. The first-order chi connectivity index (χ1) is 13.6. The summed E-state index contributed by atoms with van der Waals surface area (Å²) in [6, 6.07) is 2.13. The van der Waals surface area contributed by atoms with Gasteiger partial charge in [-0.3, -0.25) is 9.89 Å². The molecule has 1 amide bonds. The second kappa shape index (κ2) is 8.19. The molecule has 3 N–H and O–H groups in total. The highest BCUT2D eigenvalue weighted by Gasteiger charge is 2.26. The number of hydrogen-bond acceptors (Lipinski definition) is 3. The Balaban J connectivity index is 1.81. The Morgan fingerprint density at radius 3 is 2.79 bits per heavy atom. The molecule has 3 rings (SSSR count). The summed E-state index contributed by atoms with van der Waals surface area (Å²) in [4.78, 5) is 17.7. The summed E-state index contributed by atoms with van der Waals surface area (Å²) in [7, 11) is 1.81. The molecule has 0 aromatic carbocycles. The summed E-state index contributed by atoms with van der Waals surface area (Å²) in [6.45, 7) is 10.5. The van der Waals surface area contributed by atoms with E-state index < -0.39 is 0 Å². The first kappa shape index (κ1) is 21.4. The van der Waals surface area contributed by atoms with Crippen LogP contribution in [-0.4, -0.2) is 50.8 Å². The van der Waals surface area contributed by atoms with Crippen LogP contribution in [0.2, 0.25) is 0 Å². The maximum atomic E-state index is 12.4. The number of aromatic nitrogens is 3. The second-order valence-corrected chi connectivity index (χ2v) is 9.52. The van der Waals surface area contributed by atoms with Gasteiger partial charge in [-0.15, -0.1) is 0 Å². The normalized spacial score (nSPS) is 17.3. The van der Waals surface area contributed by atoms with Crippen molar-refractivity contribution >= 4 is 12.0 Å². The third-order valence-electron chi connectivity index (χ3n) is 5.84. The number of likely N-dealkylation sites (N-methyl/N-ethyl adjacent to an activating group) is 1. The van der Waals surface area contributed by atoms with E-state index in [-0.39, 0.29) is 29.9 Å². The summed E-state index contributed by atoms with van der Waals surface area (Å²) >= 11 is 0. The van der Waals surface area contributed by atoms with Gasteiger partial charge in [0.1, 0.15) is 5.69 Å². The smallest absolute Gasteiger partial charge is 0.227 e. The van der Waals surface area contributed by atoms with Gasteiger partial charge in [0, 0.05) is 30.4 Å². The predicted molar refractivity (Wildman–Crippen MR) is 116 cm³/mol. The average Bonchev–Trinajstić information content (AvgIpc) is 3.26. The molecule has 0 aliphatic heterocycles. The van der Waals surface area contributed by atoms with Gasteiger partial charge in [-0.2, -0.15) is 5.10 Å². The molecule has 1 aliphatic rings. The van der Waals surface area contributed by atoms with Crippen LogP contribution in [0, 0.1) is 18.3 Å². The number of carbonyl (C=O) groups excluding carboxylic acids is 1. The number of aryl methyl sites for hydroxylation is 1. The van der Waals surface area contributed by atoms with Gasteiger partial charge < -0.3 is 15.0 Å². The van der Waals surface area contributed by atoms with Crippen molar-refractivity contribution < 1.29 is 9.90 Å². The molecule has 2 aromatic rings. The molecule has 2 heterocycles. The third-order valence-corrected chi connectivity index (χ3v) is 5.84. The van der Waals surface area contributed by atoms with Gasteiger partial charge in [0.25, 0.3) is 0 Å². The number of nitrogens with zero attached hydrogens (tertiary/aromatic N) is 2. The number of amides is 1. The van der Waals surface area contributed by atoms with E-state index in [1.54, 1.807) is 18.9 Å². The summed E-state index contributed by atoms with van der Waals surface area (Å²) in [5.41, 5.74) is 6.93. The van der Waals surface area contributed by atoms with Crippen LogP contribution >= 0.6 is 0 Å². The molecule has 6 nitrogen and oxygen atoms in total. The van der Waals surface area contributed by atoms with Crippen LogP contribution in [0.5, 0.6) is 0 Å². The Kier molecular flexibility index (Phi) is 6.03. The number of H-pyrrole nitrogens is 2. The van der Waals surface area contributed by atoms with Gasteiger partial charge in [0.2, 0.25) is 5.91 Å². The van der Waals surface area contributed by atoms with Crippen molar-refractivity contribution in [2.75, 3.05) is 13.7 Å². The molecule has 2 atom stereocenters. The summed E-state index contributed by atoms with van der Waals surface area (Å²) < 4.78 is 0. The zero-order valence-corrected chi connectivity index (χ0v) is 18.5. The SMILES string of the molecule is Cc1[nH]nc(-c2cc3c([nH]2)CC(N(C)C(=O)C(C)CO)C=C3)c1CCC(C)(C)C. The lowest BCUT2D eigenvalue weighted by molar-refractivity contribution is -0.136. The molecule has 0 radical (unpaired) electrons. The van der Waals surface area contributed by atoms with E-state index in [1.807, 2.05) is 0 Å². The van der Waals surface area contributed by atoms with Crippen LogP contribution in [0.4, 0.5) is 0 Å². The molecule has 0 spiro atoms. The van der Waals surface area contributed by atoms with Gasteiger partial charge in [-0.05, 0) is 36.8 Å². The molecular weight excluding hydrogens is 364 g/mol. The van der Waals surface area contributed by atoms with Gasteiger partial charge in [-0.25, -0.2) is 0 Å². The van der Waals surface area contributed by atoms with Crippen molar-refractivity contribution in [1.82, 2.24) is 20.1 Å². The standard InChI is InChI=1S/C23H34N4O2/c1-14(13-28)22(29)27(6)17-8-7-16-11-20(24-19(16)12-17)21-18(15(2)25-26-21)9-10-23(3,4)5/h7-8,11,14,17,24,28H,9-10,12-13H2,1-6H3,(H,25,26). The fourth-order valence-electron chi connectivity index (χ4n) is 3.79. The Hall–Kier alpha value is -2.34. The number of aliphatic hydroxyl groups excluding tert-OH is 1. The minimum Gasteiger partial charge on any atom is -0.396 e. The number of aromatic amines is 2. The molecule has 0 bridgehead atoms. The van der Waals surface area contributed by atoms with E-state index in [2.05, 4.69) is 61.1 Å². The fourth-order valence-corrected chi connectivity index (χ4v) is 3.79. The first-order valence-corrected chi connectivity index (χ1v) is 10.4. The molecule has 0 saturated carbocycles. The van der Waals surface area contributed by atoms with Crippen LogP contribution in [-0.2, 0) is 17.6 Å². The zero-order valence-electron chi connectivity index (χ0n) is 18.5. The van der Waals surface area contributed by atoms with Crippen LogP contribution in [0.3, 0.4) is 0 Å². The van der Waals surface area contributed by atoms with E-state index in [4.69, 9.17) is 0 Å². The van der Waals surface area contributed by atoms with Crippen molar-refractivity contribution in [1.29, 1.82) is 0 Å². The highest BCUT2D eigenvalue weighted by Crippen LogP contribution is 2.32. The molecule has 0 fully saturated rings. The lowest BCUT2D eigenvalue weighted by Gasteiger charge is -2.29. The highest BCUT2D eigenvalue weighted by atomic mass is 16.3. The van der Waals surface area contributed by atoms with Gasteiger partial charge >= 0.3 is 0 Å². The predicted octanol–water partition coefficient (Wildman–Crippen LogP) is 3.72. The summed E-state index contributed by atoms with van der Waals surface area (Å²) in [5, 5.41) is 17.0. The Bertz CT molecular complexity index is 901. The number of aliphatic hydroxyl groups is 1. The maximum absolute atomic E-state index is 12.4. The van der Waals surface area contributed by atoms with E-state index in [0.29, 0.717) is 0 Å². The molecule has 158 valence electrons. The minimum absolute atomic E-state index is 0.0169. The molecular formula is C23H34N4O2. The van der Waals surface area contributed by atoms with Crippen molar-refractivity contribution in [2.45, 2.75) is 59.9 Å². The number of hydrogen-bond donors (Lipinski definition) is 3. The summed E-state index contributed by atoms with van der Waals surface area (Å²) in [6.07, 6.45) is 6.95. The monoisotopic (exact) mass is 398 g/mol. The van der Waals surface area contributed by atoms with Gasteiger partial charge in [0.05, 0.1) is 24.3 Å². The van der Waals surface area contributed by atoms with E-state index in [0.717, 1.165) is 47.6 Å². The maximum Gasteiger partial charge on any atom is 0.227 e. The van der Waals surface area contributed by atoms with Gasteiger partial charge in [0.15, 0.2) is 0 Å². The Morgan fingerprint density at radius 1 is 1.41 bits per heavy atom. The molecule has 0 saturated heterocycles. The fraction of sp³-hybridized carbons (Fsp3) is 0.565. The second-order valence-electron chi connectivity index (χ2n) is 9.52. The van der Waals surface area contributed by atoms with Crippen molar-refractivity contribution in [3.05, 3.63) is 34.7 Å². The highest BCUT2D eigenvalue weighted by molar-refractivity contribution is 5.79. The van der Waals surface area contributed by atoms with Crippen molar-refractivity contribution in [2.24, 2.45) is 11.3 Å². The van der Waals surface area contributed by atoms with Crippen LogP contribution < -0.4 is 0 Å². The average molecular weight is 399 g/mol. The topological polar surface area (TPSA) is 85.0 Å². The first-order valence-electron chi connectivity index (χ1n) is 10.4. The Morgan fingerprint density at radius 2 is 2.14 bits per heavy atom. The number of fused-ring (bicyclic) bond motifs is 1. The molecule has 1 aliphatic carbocycles. The van der Waals surface area contributed by atoms with E-state index in [1.165, 1.54) is 5.56 Å². The van der Waals surface area contributed by atoms with Crippen LogP contribution in [0.15, 0.2) is 12.1 Å². The lowest BCUT2D eigenvalue weighted by atomic mass is 9.88. The number of rotatable bonds is 6. The van der Waals surface area contributed by atoms with Crippen molar-refractivity contribution in [3.8, 4) is 11.4 Å². The Labute approximate surface area is 173 Å². The molecule has 29 heavy (non-hydrogen) atoms. The largest absolute Gasteiger partial charge is 0.396 e. The third kappa shape index (κ3) is 4.64. The minimum atomic E-state index is -0.383. The van der Waals surface area contributed by atoms with Gasteiger partial charge in [-0.1, -0.05) is 39.8 Å². The molecule has 2 aromatic heterocycles. The lowest BCUT2D eigenvalue weighted by Crippen LogP contribution is -2.41. The van der Waals surface area contributed by atoms with Crippen LogP contribution in [0.25, 0.3) is 17.5 Å². The van der Waals surface area contributed by atoms with E-state index in [9.17, 15) is 9.90 Å². The van der Waals surface area contributed by atoms with E-state index >= 15 is 0 Å².